The SMILES string of the molecule is CCCc1ccc2c(F)c(-c3ccc(C#Cc4cc(F)c(F)c(F)c4)cc3)ccc2c1. The fourth-order valence-corrected chi connectivity index (χ4v) is 3.51. The summed E-state index contributed by atoms with van der Waals surface area (Å²) in [7, 11) is 0. The molecule has 0 nitrogen and oxygen atoms in total. The van der Waals surface area contributed by atoms with Gasteiger partial charge in [-0.15, -0.1) is 0 Å². The highest BCUT2D eigenvalue weighted by atomic mass is 19.2. The highest BCUT2D eigenvalue weighted by Crippen LogP contribution is 2.30. The summed E-state index contributed by atoms with van der Waals surface area (Å²) in [5, 5.41) is 1.44. The first-order chi connectivity index (χ1) is 15.0. The van der Waals surface area contributed by atoms with Gasteiger partial charge in [0, 0.05) is 22.1 Å². The molecule has 4 heteroatoms. The molecule has 4 aromatic rings. The van der Waals surface area contributed by atoms with Crippen LogP contribution in [0.2, 0.25) is 0 Å². The van der Waals surface area contributed by atoms with Crippen LogP contribution in [-0.2, 0) is 6.42 Å². The normalized spacial score (nSPS) is 10.7. The third kappa shape index (κ3) is 4.32. The van der Waals surface area contributed by atoms with E-state index in [1.165, 1.54) is 5.56 Å². The Labute approximate surface area is 178 Å². The average Bonchev–Trinajstić information content (AvgIpc) is 2.77. The van der Waals surface area contributed by atoms with Crippen molar-refractivity contribution in [2.75, 3.05) is 0 Å². The summed E-state index contributed by atoms with van der Waals surface area (Å²) in [4.78, 5) is 0. The van der Waals surface area contributed by atoms with Crippen molar-refractivity contribution in [1.82, 2.24) is 0 Å². The topological polar surface area (TPSA) is 0 Å². The van der Waals surface area contributed by atoms with Crippen molar-refractivity contribution in [1.29, 1.82) is 0 Å². The summed E-state index contributed by atoms with van der Waals surface area (Å²) in [6.07, 6.45) is 1.99. The van der Waals surface area contributed by atoms with Gasteiger partial charge in [0.2, 0.25) is 0 Å². The molecule has 0 amide bonds. The molecule has 31 heavy (non-hydrogen) atoms. The Balaban J connectivity index is 1.62. The summed E-state index contributed by atoms with van der Waals surface area (Å²) in [5.41, 5.74) is 2.98. The molecule has 0 aromatic heterocycles. The first kappa shape index (κ1) is 20.7. The van der Waals surface area contributed by atoms with Gasteiger partial charge in [-0.3, -0.25) is 0 Å². The van der Waals surface area contributed by atoms with E-state index in [-0.39, 0.29) is 11.4 Å². The molecule has 0 spiro atoms. The van der Waals surface area contributed by atoms with E-state index in [0.29, 0.717) is 22.1 Å². The van der Waals surface area contributed by atoms with E-state index in [1.54, 1.807) is 30.3 Å². The maximum atomic E-state index is 15.1. The highest BCUT2D eigenvalue weighted by molar-refractivity contribution is 5.88. The van der Waals surface area contributed by atoms with Gasteiger partial charge in [-0.1, -0.05) is 67.6 Å². The molecule has 4 rings (SSSR count). The van der Waals surface area contributed by atoms with Crippen LogP contribution in [0.4, 0.5) is 17.6 Å². The summed E-state index contributed by atoms with van der Waals surface area (Å²) in [5.74, 6) is 1.02. The Hall–Kier alpha value is -3.58. The van der Waals surface area contributed by atoms with E-state index in [1.807, 2.05) is 24.3 Å². The van der Waals surface area contributed by atoms with Crippen molar-refractivity contribution in [3.63, 3.8) is 0 Å². The largest absolute Gasteiger partial charge is 0.206 e. The molecule has 0 radical (unpaired) electrons. The molecule has 0 heterocycles. The van der Waals surface area contributed by atoms with Crippen LogP contribution < -0.4 is 0 Å². The summed E-state index contributed by atoms with van der Waals surface area (Å²) < 4.78 is 54.8. The van der Waals surface area contributed by atoms with E-state index < -0.39 is 17.5 Å². The number of rotatable bonds is 3. The van der Waals surface area contributed by atoms with E-state index >= 15 is 4.39 Å². The number of aryl methyl sites for hydroxylation is 1. The molecule has 0 aliphatic heterocycles. The maximum Gasteiger partial charge on any atom is 0.194 e. The molecule has 154 valence electrons. The average molecular weight is 418 g/mol. The predicted octanol–water partition coefficient (Wildman–Crippen LogP) is 7.42. The Bertz CT molecular complexity index is 1300. The van der Waals surface area contributed by atoms with Crippen LogP contribution in [0.5, 0.6) is 0 Å². The van der Waals surface area contributed by atoms with Gasteiger partial charge in [-0.2, -0.15) is 0 Å². The van der Waals surface area contributed by atoms with Gasteiger partial charge in [0.15, 0.2) is 17.5 Å². The standard InChI is InChI=1S/C27H18F4/c1-2-3-18-8-12-23-21(14-18)11-13-22(26(23)30)20-9-6-17(7-10-20)4-5-19-15-24(28)27(31)25(29)16-19/h6-16H,2-3H2,1H3. The van der Waals surface area contributed by atoms with Crippen LogP contribution in [0.25, 0.3) is 21.9 Å². The lowest BCUT2D eigenvalue weighted by atomic mass is 9.97. The third-order valence-electron chi connectivity index (χ3n) is 5.09. The first-order valence-corrected chi connectivity index (χ1v) is 9.94. The van der Waals surface area contributed by atoms with Crippen molar-refractivity contribution in [2.45, 2.75) is 19.8 Å². The molecule has 0 saturated carbocycles. The smallest absolute Gasteiger partial charge is 0.194 e. The van der Waals surface area contributed by atoms with Crippen molar-refractivity contribution < 1.29 is 17.6 Å². The maximum absolute atomic E-state index is 15.1. The number of fused-ring (bicyclic) bond motifs is 1. The molecular formula is C27H18F4. The van der Waals surface area contributed by atoms with Crippen molar-refractivity contribution >= 4 is 10.8 Å². The minimum absolute atomic E-state index is 0.0310. The predicted molar refractivity (Wildman–Crippen MR) is 116 cm³/mol. The van der Waals surface area contributed by atoms with Crippen molar-refractivity contribution in [3.8, 4) is 23.0 Å². The van der Waals surface area contributed by atoms with Crippen molar-refractivity contribution in [2.24, 2.45) is 0 Å². The van der Waals surface area contributed by atoms with Gasteiger partial charge in [0.05, 0.1) is 0 Å². The Morgan fingerprint density at radius 1 is 0.677 bits per heavy atom. The fraction of sp³-hybridized carbons (Fsp3) is 0.111. The van der Waals surface area contributed by atoms with Crippen LogP contribution in [-0.4, -0.2) is 0 Å². The minimum atomic E-state index is -1.52. The minimum Gasteiger partial charge on any atom is -0.206 e. The molecule has 0 N–H and O–H groups in total. The quantitative estimate of drug-likeness (QED) is 0.185. The Kier molecular flexibility index (Phi) is 5.77. The molecule has 0 aliphatic rings. The van der Waals surface area contributed by atoms with Gasteiger partial charge in [0.1, 0.15) is 5.82 Å². The van der Waals surface area contributed by atoms with E-state index in [0.717, 1.165) is 30.4 Å². The van der Waals surface area contributed by atoms with E-state index in [2.05, 4.69) is 18.8 Å². The van der Waals surface area contributed by atoms with E-state index in [9.17, 15) is 13.2 Å². The molecule has 0 aliphatic carbocycles. The molecule has 0 unspecified atom stereocenters. The molecule has 0 saturated heterocycles. The zero-order valence-corrected chi connectivity index (χ0v) is 16.8. The van der Waals surface area contributed by atoms with Crippen LogP contribution in [0.15, 0.2) is 66.7 Å². The monoisotopic (exact) mass is 418 g/mol. The van der Waals surface area contributed by atoms with Gasteiger partial charge in [0.25, 0.3) is 0 Å². The van der Waals surface area contributed by atoms with Gasteiger partial charge >= 0.3 is 0 Å². The number of benzene rings is 4. The number of halogens is 4. The van der Waals surface area contributed by atoms with Gasteiger partial charge < -0.3 is 0 Å². The molecule has 0 bridgehead atoms. The lowest BCUT2D eigenvalue weighted by Crippen LogP contribution is -1.91. The first-order valence-electron chi connectivity index (χ1n) is 9.94. The second kappa shape index (κ2) is 8.65. The Morgan fingerprint density at radius 3 is 2.03 bits per heavy atom. The number of hydrogen-bond donors (Lipinski definition) is 0. The van der Waals surface area contributed by atoms with Crippen LogP contribution in [0.3, 0.4) is 0 Å². The van der Waals surface area contributed by atoms with Gasteiger partial charge in [-0.05, 0) is 47.2 Å². The summed E-state index contributed by atoms with van der Waals surface area (Å²) in [6, 6.07) is 18.0. The number of hydrogen-bond acceptors (Lipinski definition) is 0. The fourth-order valence-electron chi connectivity index (χ4n) is 3.51. The van der Waals surface area contributed by atoms with Crippen LogP contribution >= 0.6 is 0 Å². The van der Waals surface area contributed by atoms with Gasteiger partial charge in [-0.25, -0.2) is 17.6 Å². The molecular weight excluding hydrogens is 400 g/mol. The second-order valence-electron chi connectivity index (χ2n) is 7.31. The third-order valence-corrected chi connectivity index (χ3v) is 5.09. The lowest BCUT2D eigenvalue weighted by Gasteiger charge is -2.09. The zero-order chi connectivity index (χ0) is 22.0. The van der Waals surface area contributed by atoms with E-state index in [4.69, 9.17) is 0 Å². The second-order valence-corrected chi connectivity index (χ2v) is 7.31. The molecule has 0 atom stereocenters. The van der Waals surface area contributed by atoms with Crippen LogP contribution in [0.1, 0.15) is 30.0 Å². The summed E-state index contributed by atoms with van der Waals surface area (Å²) >= 11 is 0. The summed E-state index contributed by atoms with van der Waals surface area (Å²) in [6.45, 7) is 2.11. The van der Waals surface area contributed by atoms with Crippen molar-refractivity contribution in [3.05, 3.63) is 107 Å². The van der Waals surface area contributed by atoms with Crippen LogP contribution in [0, 0.1) is 35.1 Å². The Morgan fingerprint density at radius 2 is 1.35 bits per heavy atom. The molecule has 4 aromatic carbocycles. The zero-order valence-electron chi connectivity index (χ0n) is 16.8. The molecule has 0 fully saturated rings. The lowest BCUT2D eigenvalue weighted by molar-refractivity contribution is 0.446. The highest BCUT2D eigenvalue weighted by Gasteiger charge is 2.11.